The van der Waals surface area contributed by atoms with Gasteiger partial charge in [-0.05, 0) is 31.6 Å². The Morgan fingerprint density at radius 1 is 1.23 bits per heavy atom. The lowest BCUT2D eigenvalue weighted by molar-refractivity contribution is 0.264. The molecule has 2 atom stereocenters. The fourth-order valence-corrected chi connectivity index (χ4v) is 2.22. The van der Waals surface area contributed by atoms with Gasteiger partial charge in [0.2, 0.25) is 0 Å². The third kappa shape index (κ3) is 3.34. The summed E-state index contributed by atoms with van der Waals surface area (Å²) in [4.78, 5) is 0. The van der Waals surface area contributed by atoms with Crippen LogP contribution < -0.4 is 0 Å². The number of nitrogens with zero attached hydrogens (tertiary/aromatic N) is 1. The van der Waals surface area contributed by atoms with E-state index in [1.54, 1.807) is 0 Å². The zero-order valence-corrected chi connectivity index (χ0v) is 8.14. The fraction of sp³-hybridized carbons (Fsp3) is 0.909. The third-order valence-electron chi connectivity index (χ3n) is 3.03. The van der Waals surface area contributed by atoms with Crippen molar-refractivity contribution in [3.8, 4) is 6.07 Å². The lowest BCUT2D eigenvalue weighted by Gasteiger charge is -2.26. The molecule has 1 aliphatic carbocycles. The van der Waals surface area contributed by atoms with Gasteiger partial charge in [0.15, 0.2) is 0 Å². The lowest BCUT2D eigenvalue weighted by Crippen LogP contribution is -2.17. The molecule has 1 fully saturated rings. The van der Waals surface area contributed by atoms with Crippen molar-refractivity contribution in [1.82, 2.24) is 0 Å². The molecule has 0 aliphatic heterocycles. The van der Waals surface area contributed by atoms with E-state index in [0.29, 0.717) is 12.3 Å². The molecule has 0 aromatic rings. The number of rotatable bonds is 4. The molecule has 1 nitrogen and oxygen atoms in total. The predicted octanol–water partition coefficient (Wildman–Crippen LogP) is 3.46. The highest BCUT2D eigenvalue weighted by atomic mass is 19.1. The minimum absolute atomic E-state index is 0.204. The van der Waals surface area contributed by atoms with E-state index in [4.69, 9.17) is 5.26 Å². The van der Waals surface area contributed by atoms with E-state index >= 15 is 0 Å². The molecule has 0 heterocycles. The fourth-order valence-electron chi connectivity index (χ4n) is 2.22. The van der Waals surface area contributed by atoms with E-state index in [0.717, 1.165) is 19.3 Å². The first-order valence-corrected chi connectivity index (χ1v) is 5.34. The average molecular weight is 183 g/mol. The van der Waals surface area contributed by atoms with Gasteiger partial charge in [0.05, 0.1) is 12.7 Å². The molecule has 74 valence electrons. The normalized spacial score (nSPS) is 28.3. The van der Waals surface area contributed by atoms with Gasteiger partial charge in [-0.15, -0.1) is 0 Å². The molecule has 0 bridgehead atoms. The summed E-state index contributed by atoms with van der Waals surface area (Å²) in [6.07, 6.45) is 7.41. The minimum Gasteiger partial charge on any atom is -0.251 e. The van der Waals surface area contributed by atoms with Gasteiger partial charge in [0.1, 0.15) is 0 Å². The van der Waals surface area contributed by atoms with Crippen LogP contribution in [0.1, 0.15) is 44.9 Å². The molecule has 0 spiro atoms. The SMILES string of the molecule is N#CC1CCCCC1CCCCF. The number of alkyl halides is 1. The second kappa shape index (κ2) is 5.96. The topological polar surface area (TPSA) is 23.8 Å². The van der Waals surface area contributed by atoms with Crippen molar-refractivity contribution in [3.05, 3.63) is 0 Å². The maximum Gasteiger partial charge on any atom is 0.0894 e. The van der Waals surface area contributed by atoms with E-state index in [1.165, 1.54) is 19.3 Å². The van der Waals surface area contributed by atoms with E-state index in [9.17, 15) is 4.39 Å². The van der Waals surface area contributed by atoms with Gasteiger partial charge in [0, 0.05) is 5.92 Å². The number of hydrogen-bond donors (Lipinski definition) is 0. The van der Waals surface area contributed by atoms with Crippen molar-refractivity contribution in [3.63, 3.8) is 0 Å². The van der Waals surface area contributed by atoms with Crippen molar-refractivity contribution in [1.29, 1.82) is 5.26 Å². The first-order chi connectivity index (χ1) is 6.38. The highest BCUT2D eigenvalue weighted by Gasteiger charge is 2.23. The predicted molar refractivity (Wildman–Crippen MR) is 50.9 cm³/mol. The molecule has 13 heavy (non-hydrogen) atoms. The Morgan fingerprint density at radius 2 is 2.00 bits per heavy atom. The van der Waals surface area contributed by atoms with Crippen molar-refractivity contribution in [2.24, 2.45) is 11.8 Å². The summed E-state index contributed by atoms with van der Waals surface area (Å²) in [6, 6.07) is 2.39. The molecule has 1 rings (SSSR count). The maximum absolute atomic E-state index is 11.9. The van der Waals surface area contributed by atoms with Gasteiger partial charge in [-0.25, -0.2) is 0 Å². The molecule has 1 saturated carbocycles. The first-order valence-electron chi connectivity index (χ1n) is 5.34. The quantitative estimate of drug-likeness (QED) is 0.612. The van der Waals surface area contributed by atoms with Crippen LogP contribution in [0.25, 0.3) is 0 Å². The van der Waals surface area contributed by atoms with Crippen LogP contribution in [0, 0.1) is 23.2 Å². The minimum atomic E-state index is -0.204. The van der Waals surface area contributed by atoms with E-state index in [2.05, 4.69) is 6.07 Å². The van der Waals surface area contributed by atoms with Crippen LogP contribution >= 0.6 is 0 Å². The summed E-state index contributed by atoms with van der Waals surface area (Å²) >= 11 is 0. The zero-order valence-electron chi connectivity index (χ0n) is 8.14. The second-order valence-corrected chi connectivity index (χ2v) is 3.96. The highest BCUT2D eigenvalue weighted by Crippen LogP contribution is 2.32. The maximum atomic E-state index is 11.9. The van der Waals surface area contributed by atoms with Crippen LogP contribution in [0.3, 0.4) is 0 Å². The zero-order chi connectivity index (χ0) is 9.52. The monoisotopic (exact) mass is 183 g/mol. The van der Waals surface area contributed by atoms with Gasteiger partial charge in [-0.2, -0.15) is 5.26 Å². The number of halogens is 1. The molecule has 0 aromatic heterocycles. The lowest BCUT2D eigenvalue weighted by atomic mass is 9.77. The Kier molecular flexibility index (Phi) is 4.82. The van der Waals surface area contributed by atoms with E-state index in [1.807, 2.05) is 0 Å². The Labute approximate surface area is 79.9 Å². The van der Waals surface area contributed by atoms with E-state index < -0.39 is 0 Å². The largest absolute Gasteiger partial charge is 0.251 e. The number of nitriles is 1. The van der Waals surface area contributed by atoms with Crippen LogP contribution in [-0.4, -0.2) is 6.67 Å². The standard InChI is InChI=1S/C11H18FN/c12-8-4-3-6-10-5-1-2-7-11(10)9-13/h10-11H,1-8H2. The summed E-state index contributed by atoms with van der Waals surface area (Å²) in [5.74, 6) is 0.818. The Balaban J connectivity index is 2.24. The third-order valence-corrected chi connectivity index (χ3v) is 3.03. The molecule has 0 saturated heterocycles. The number of hydrogen-bond acceptors (Lipinski definition) is 1. The van der Waals surface area contributed by atoms with E-state index in [-0.39, 0.29) is 12.6 Å². The summed E-state index contributed by atoms with van der Waals surface area (Å²) in [5.41, 5.74) is 0. The first kappa shape index (κ1) is 10.5. The summed E-state index contributed by atoms with van der Waals surface area (Å²) in [5, 5.41) is 8.89. The Hall–Kier alpha value is -0.580. The van der Waals surface area contributed by atoms with Crippen LogP contribution in [0.15, 0.2) is 0 Å². The van der Waals surface area contributed by atoms with Crippen LogP contribution in [0.5, 0.6) is 0 Å². The smallest absolute Gasteiger partial charge is 0.0894 e. The van der Waals surface area contributed by atoms with Gasteiger partial charge in [-0.1, -0.05) is 19.3 Å². The summed E-state index contributed by atoms with van der Waals surface area (Å²) in [6.45, 7) is -0.204. The summed E-state index contributed by atoms with van der Waals surface area (Å²) < 4.78 is 11.9. The molecule has 1 aliphatic rings. The second-order valence-electron chi connectivity index (χ2n) is 3.96. The molecular formula is C11H18FN. The van der Waals surface area contributed by atoms with Gasteiger partial charge < -0.3 is 0 Å². The summed E-state index contributed by atoms with van der Waals surface area (Å²) in [7, 11) is 0. The number of unbranched alkanes of at least 4 members (excludes halogenated alkanes) is 1. The molecular weight excluding hydrogens is 165 g/mol. The average Bonchev–Trinajstić information content (AvgIpc) is 2.19. The van der Waals surface area contributed by atoms with Crippen LogP contribution in [-0.2, 0) is 0 Å². The van der Waals surface area contributed by atoms with Gasteiger partial charge in [0.25, 0.3) is 0 Å². The molecule has 0 amide bonds. The van der Waals surface area contributed by atoms with Gasteiger partial charge in [-0.3, -0.25) is 4.39 Å². The molecule has 0 radical (unpaired) electrons. The highest BCUT2D eigenvalue weighted by molar-refractivity contribution is 4.90. The van der Waals surface area contributed by atoms with Crippen molar-refractivity contribution in [2.75, 3.05) is 6.67 Å². The van der Waals surface area contributed by atoms with Crippen LogP contribution in [0.4, 0.5) is 4.39 Å². The van der Waals surface area contributed by atoms with Gasteiger partial charge >= 0.3 is 0 Å². The Bertz CT molecular complexity index is 173. The van der Waals surface area contributed by atoms with Crippen LogP contribution in [0.2, 0.25) is 0 Å². The van der Waals surface area contributed by atoms with Crippen molar-refractivity contribution < 1.29 is 4.39 Å². The van der Waals surface area contributed by atoms with Crippen molar-refractivity contribution >= 4 is 0 Å². The molecule has 2 heteroatoms. The molecule has 2 unspecified atom stereocenters. The molecule has 0 N–H and O–H groups in total. The molecule has 0 aromatic carbocycles. The Morgan fingerprint density at radius 3 is 2.69 bits per heavy atom. The van der Waals surface area contributed by atoms with Crippen molar-refractivity contribution in [2.45, 2.75) is 44.9 Å².